The summed E-state index contributed by atoms with van der Waals surface area (Å²) in [7, 11) is 0. The van der Waals surface area contributed by atoms with E-state index < -0.39 is 0 Å². The van der Waals surface area contributed by atoms with Crippen molar-refractivity contribution in [2.75, 3.05) is 19.6 Å². The average Bonchev–Trinajstić information content (AvgIpc) is 2.45. The van der Waals surface area contributed by atoms with E-state index in [4.69, 9.17) is 0 Å². The third-order valence-corrected chi connectivity index (χ3v) is 4.27. The van der Waals surface area contributed by atoms with Gasteiger partial charge in [0, 0.05) is 0 Å². The molecule has 0 atom stereocenters. The molecule has 1 N–H and O–H groups in total. The van der Waals surface area contributed by atoms with E-state index in [1.165, 1.54) is 31.5 Å². The molecule has 0 spiro atoms. The quantitative estimate of drug-likeness (QED) is 0.653. The molecule has 4 nitrogen and oxygen atoms in total. The molecular weight excluding hydrogens is 349 g/mol. The standard InChI is InChI=1S/C16H21BrFN3O/c17-14-10-13(6-7-15(14)18)11-19-20-16(22)12-21-8-4-2-1-3-5-9-21/h6-7,10-11H,1-5,8-9,12H2,(H,20,22)/b19-11+. The molecule has 120 valence electrons. The fourth-order valence-corrected chi connectivity index (χ4v) is 2.88. The number of carbonyl (C=O) groups is 1. The van der Waals surface area contributed by atoms with Crippen molar-refractivity contribution in [2.45, 2.75) is 32.1 Å². The normalized spacial score (nSPS) is 17.2. The molecule has 0 saturated carbocycles. The fraction of sp³-hybridized carbons (Fsp3) is 0.500. The van der Waals surface area contributed by atoms with Crippen molar-refractivity contribution in [3.63, 3.8) is 0 Å². The van der Waals surface area contributed by atoms with Crippen LogP contribution in [-0.4, -0.2) is 36.7 Å². The molecule has 0 bridgehead atoms. The maximum atomic E-state index is 13.1. The molecule has 0 radical (unpaired) electrons. The minimum Gasteiger partial charge on any atom is -0.294 e. The molecule has 1 aliphatic heterocycles. The monoisotopic (exact) mass is 369 g/mol. The van der Waals surface area contributed by atoms with Gasteiger partial charge >= 0.3 is 0 Å². The van der Waals surface area contributed by atoms with E-state index in [-0.39, 0.29) is 11.7 Å². The van der Waals surface area contributed by atoms with Crippen molar-refractivity contribution in [3.05, 3.63) is 34.1 Å². The number of nitrogens with zero attached hydrogens (tertiary/aromatic N) is 2. The van der Waals surface area contributed by atoms with Crippen molar-refractivity contribution >= 4 is 28.1 Å². The Morgan fingerprint density at radius 2 is 1.95 bits per heavy atom. The van der Waals surface area contributed by atoms with Gasteiger partial charge in [-0.15, -0.1) is 0 Å². The van der Waals surface area contributed by atoms with E-state index >= 15 is 0 Å². The maximum Gasteiger partial charge on any atom is 0.254 e. The van der Waals surface area contributed by atoms with E-state index in [2.05, 4.69) is 31.4 Å². The highest BCUT2D eigenvalue weighted by molar-refractivity contribution is 9.10. The van der Waals surface area contributed by atoms with Crippen molar-refractivity contribution < 1.29 is 9.18 Å². The van der Waals surface area contributed by atoms with E-state index in [1.807, 2.05) is 0 Å². The first-order chi connectivity index (χ1) is 10.6. The molecule has 1 heterocycles. The van der Waals surface area contributed by atoms with Gasteiger partial charge < -0.3 is 0 Å². The topological polar surface area (TPSA) is 44.7 Å². The Labute approximate surface area is 138 Å². The van der Waals surface area contributed by atoms with Crippen molar-refractivity contribution in [2.24, 2.45) is 5.10 Å². The zero-order valence-corrected chi connectivity index (χ0v) is 14.1. The summed E-state index contributed by atoms with van der Waals surface area (Å²) in [6, 6.07) is 4.57. The fourth-order valence-electron chi connectivity index (χ4n) is 2.48. The van der Waals surface area contributed by atoms with Gasteiger partial charge in [-0.3, -0.25) is 9.69 Å². The van der Waals surface area contributed by atoms with Gasteiger partial charge in [-0.05, 0) is 59.6 Å². The van der Waals surface area contributed by atoms with Crippen LogP contribution < -0.4 is 5.43 Å². The van der Waals surface area contributed by atoms with Crippen molar-refractivity contribution in [1.82, 2.24) is 10.3 Å². The molecule has 2 rings (SSSR count). The number of hydrogen-bond donors (Lipinski definition) is 1. The van der Waals surface area contributed by atoms with Crippen LogP contribution in [0.25, 0.3) is 0 Å². The number of amides is 1. The molecule has 6 heteroatoms. The summed E-state index contributed by atoms with van der Waals surface area (Å²) in [5.74, 6) is -0.434. The van der Waals surface area contributed by atoms with Crippen LogP contribution in [0.4, 0.5) is 4.39 Å². The molecule has 1 aliphatic rings. The molecule has 22 heavy (non-hydrogen) atoms. The maximum absolute atomic E-state index is 13.1. The molecule has 1 aromatic carbocycles. The van der Waals surface area contributed by atoms with Gasteiger partial charge in [-0.1, -0.05) is 25.3 Å². The minimum atomic E-state index is -0.321. The van der Waals surface area contributed by atoms with Crippen LogP contribution in [0.5, 0.6) is 0 Å². The van der Waals surface area contributed by atoms with E-state index in [9.17, 15) is 9.18 Å². The second-order valence-electron chi connectivity index (χ2n) is 5.51. The van der Waals surface area contributed by atoms with Crippen molar-refractivity contribution in [1.29, 1.82) is 0 Å². The molecule has 0 unspecified atom stereocenters. The lowest BCUT2D eigenvalue weighted by atomic mass is 10.1. The Bertz CT molecular complexity index is 528. The Kier molecular flexibility index (Phi) is 6.99. The lowest BCUT2D eigenvalue weighted by molar-refractivity contribution is -0.122. The lowest BCUT2D eigenvalue weighted by Gasteiger charge is -2.23. The van der Waals surface area contributed by atoms with Crippen molar-refractivity contribution in [3.8, 4) is 0 Å². The predicted molar refractivity (Wildman–Crippen MR) is 89.4 cm³/mol. The number of carbonyl (C=O) groups excluding carboxylic acids is 1. The summed E-state index contributed by atoms with van der Waals surface area (Å²) in [4.78, 5) is 14.1. The van der Waals surface area contributed by atoms with E-state index in [0.29, 0.717) is 11.0 Å². The summed E-state index contributed by atoms with van der Waals surface area (Å²) >= 11 is 3.12. The highest BCUT2D eigenvalue weighted by atomic mass is 79.9. The second kappa shape index (κ2) is 9.00. The Morgan fingerprint density at radius 1 is 1.27 bits per heavy atom. The van der Waals surface area contributed by atoms with Crippen LogP contribution in [0.15, 0.2) is 27.8 Å². The highest BCUT2D eigenvalue weighted by Crippen LogP contribution is 2.15. The molecule has 1 aromatic rings. The molecule has 1 amide bonds. The molecule has 1 fully saturated rings. The largest absolute Gasteiger partial charge is 0.294 e. The molecule has 1 saturated heterocycles. The number of likely N-dealkylation sites (tertiary alicyclic amines) is 1. The summed E-state index contributed by atoms with van der Waals surface area (Å²) < 4.78 is 13.5. The first-order valence-corrected chi connectivity index (χ1v) is 8.44. The third-order valence-electron chi connectivity index (χ3n) is 3.66. The lowest BCUT2D eigenvalue weighted by Crippen LogP contribution is -2.37. The summed E-state index contributed by atoms with van der Waals surface area (Å²) in [6.07, 6.45) is 7.61. The van der Waals surface area contributed by atoms with Gasteiger partial charge in [-0.2, -0.15) is 5.10 Å². The van der Waals surface area contributed by atoms with Crippen LogP contribution in [0, 0.1) is 5.82 Å². The first-order valence-electron chi connectivity index (χ1n) is 7.64. The third kappa shape index (κ3) is 5.85. The smallest absolute Gasteiger partial charge is 0.254 e. The van der Waals surface area contributed by atoms with Crippen LogP contribution in [0.1, 0.15) is 37.7 Å². The van der Waals surface area contributed by atoms with Crippen LogP contribution in [-0.2, 0) is 4.79 Å². The van der Waals surface area contributed by atoms with Gasteiger partial charge in [0.1, 0.15) is 5.82 Å². The van der Waals surface area contributed by atoms with Gasteiger partial charge in [-0.25, -0.2) is 9.82 Å². The van der Waals surface area contributed by atoms with Crippen LogP contribution in [0.3, 0.4) is 0 Å². The zero-order chi connectivity index (χ0) is 15.8. The number of benzene rings is 1. The Balaban J connectivity index is 1.78. The Morgan fingerprint density at radius 3 is 2.64 bits per heavy atom. The first kappa shape index (κ1) is 17.1. The molecule has 0 aromatic heterocycles. The Hall–Kier alpha value is -1.27. The predicted octanol–water partition coefficient (Wildman–Crippen LogP) is 3.30. The summed E-state index contributed by atoms with van der Waals surface area (Å²) in [5, 5.41) is 3.93. The van der Waals surface area contributed by atoms with Crippen LogP contribution >= 0.6 is 15.9 Å². The average molecular weight is 370 g/mol. The second-order valence-corrected chi connectivity index (χ2v) is 6.36. The molecular formula is C16H21BrFN3O. The summed E-state index contributed by atoms with van der Waals surface area (Å²) in [6.45, 7) is 2.33. The minimum absolute atomic E-state index is 0.113. The van der Waals surface area contributed by atoms with Gasteiger partial charge in [0.05, 0.1) is 17.2 Å². The van der Waals surface area contributed by atoms with E-state index in [0.717, 1.165) is 31.5 Å². The van der Waals surface area contributed by atoms with Gasteiger partial charge in [0.2, 0.25) is 0 Å². The highest BCUT2D eigenvalue weighted by Gasteiger charge is 2.11. The van der Waals surface area contributed by atoms with Crippen LogP contribution in [0.2, 0.25) is 0 Å². The van der Waals surface area contributed by atoms with Gasteiger partial charge in [0.15, 0.2) is 0 Å². The zero-order valence-electron chi connectivity index (χ0n) is 12.5. The number of hydrazone groups is 1. The number of nitrogens with one attached hydrogen (secondary N) is 1. The van der Waals surface area contributed by atoms with E-state index in [1.54, 1.807) is 12.1 Å². The summed E-state index contributed by atoms with van der Waals surface area (Å²) in [5.41, 5.74) is 3.25. The van der Waals surface area contributed by atoms with Gasteiger partial charge in [0.25, 0.3) is 5.91 Å². The number of hydrogen-bond acceptors (Lipinski definition) is 3. The molecule has 0 aliphatic carbocycles. The SMILES string of the molecule is O=C(CN1CCCCCCC1)N/N=C/c1ccc(F)c(Br)c1. The number of halogens is 2. The number of rotatable bonds is 4.